The van der Waals surface area contributed by atoms with Gasteiger partial charge < -0.3 is 5.32 Å². The zero-order chi connectivity index (χ0) is 13.4. The van der Waals surface area contributed by atoms with E-state index in [9.17, 15) is 4.79 Å². The van der Waals surface area contributed by atoms with E-state index >= 15 is 0 Å². The molecule has 1 aromatic carbocycles. The molecule has 0 aliphatic carbocycles. The molecular weight excluding hydrogens is 321 g/mol. The van der Waals surface area contributed by atoms with Crippen molar-refractivity contribution in [3.05, 3.63) is 50.1 Å². The van der Waals surface area contributed by atoms with Crippen molar-refractivity contribution in [1.82, 2.24) is 0 Å². The first kappa shape index (κ1) is 13.3. The van der Waals surface area contributed by atoms with Crippen LogP contribution in [0.3, 0.4) is 0 Å². The van der Waals surface area contributed by atoms with Crippen LogP contribution in [0.5, 0.6) is 0 Å². The third-order valence-corrected chi connectivity index (χ3v) is 5.78. The van der Waals surface area contributed by atoms with Gasteiger partial charge in [-0.1, -0.05) is 29.3 Å². The van der Waals surface area contributed by atoms with Crippen LogP contribution in [0.25, 0.3) is 0 Å². The van der Waals surface area contributed by atoms with E-state index in [-0.39, 0.29) is 11.2 Å². The first-order valence-electron chi connectivity index (χ1n) is 5.59. The molecule has 0 spiro atoms. The number of anilines is 1. The number of halogens is 2. The molecule has 1 aliphatic rings. The van der Waals surface area contributed by atoms with Crippen molar-refractivity contribution in [1.29, 1.82) is 0 Å². The monoisotopic (exact) mass is 329 g/mol. The quantitative estimate of drug-likeness (QED) is 0.811. The molecule has 6 heteroatoms. The fraction of sp³-hybridized carbons (Fsp3) is 0.154. The molecule has 98 valence electrons. The highest BCUT2D eigenvalue weighted by Crippen LogP contribution is 2.46. The molecule has 2 nitrogen and oxygen atoms in total. The molecule has 0 fully saturated rings. The summed E-state index contributed by atoms with van der Waals surface area (Å²) < 4.78 is 0. The number of benzene rings is 1. The average molecular weight is 330 g/mol. The number of thioether (sulfide) groups is 1. The van der Waals surface area contributed by atoms with Crippen molar-refractivity contribution in [2.75, 3.05) is 11.1 Å². The highest BCUT2D eigenvalue weighted by molar-refractivity contribution is 8.00. The van der Waals surface area contributed by atoms with Gasteiger partial charge >= 0.3 is 0 Å². The molecule has 0 saturated carbocycles. The maximum absolute atomic E-state index is 11.7. The van der Waals surface area contributed by atoms with Gasteiger partial charge in [-0.05, 0) is 29.1 Å². The van der Waals surface area contributed by atoms with E-state index in [4.69, 9.17) is 23.2 Å². The van der Waals surface area contributed by atoms with Gasteiger partial charge in [-0.2, -0.15) is 0 Å². The number of rotatable bonds is 1. The van der Waals surface area contributed by atoms with Gasteiger partial charge in [-0.3, -0.25) is 4.79 Å². The van der Waals surface area contributed by atoms with Crippen molar-refractivity contribution in [3.63, 3.8) is 0 Å². The number of thiophene rings is 1. The van der Waals surface area contributed by atoms with Crippen LogP contribution in [0.2, 0.25) is 10.0 Å². The highest BCUT2D eigenvalue weighted by Gasteiger charge is 2.26. The van der Waals surface area contributed by atoms with E-state index in [0.29, 0.717) is 15.8 Å². The van der Waals surface area contributed by atoms with Gasteiger partial charge in [0.2, 0.25) is 5.91 Å². The third kappa shape index (κ3) is 2.63. The van der Waals surface area contributed by atoms with Gasteiger partial charge in [-0.25, -0.2) is 0 Å². The average Bonchev–Trinajstić information content (AvgIpc) is 2.74. The van der Waals surface area contributed by atoms with E-state index in [0.717, 1.165) is 16.1 Å². The van der Waals surface area contributed by atoms with Gasteiger partial charge in [0.1, 0.15) is 0 Å². The normalized spacial score (nSPS) is 18.6. The SMILES string of the molecule is O=C1CS[C@@H](c2ccc(Cl)cc2Cl)c2sccc2N1. The molecule has 3 rings (SSSR count). The fourth-order valence-electron chi connectivity index (χ4n) is 1.99. The first-order valence-corrected chi connectivity index (χ1v) is 8.27. The van der Waals surface area contributed by atoms with Crippen molar-refractivity contribution in [2.24, 2.45) is 0 Å². The lowest BCUT2D eigenvalue weighted by atomic mass is 10.1. The van der Waals surface area contributed by atoms with Gasteiger partial charge in [0.15, 0.2) is 0 Å². The molecule has 1 aliphatic heterocycles. The highest BCUT2D eigenvalue weighted by atomic mass is 35.5. The number of hydrogen-bond donors (Lipinski definition) is 1. The summed E-state index contributed by atoms with van der Waals surface area (Å²) in [5.41, 5.74) is 1.88. The lowest BCUT2D eigenvalue weighted by molar-refractivity contribution is -0.113. The van der Waals surface area contributed by atoms with E-state index in [1.165, 1.54) is 0 Å². The molecule has 2 aromatic rings. The second-order valence-corrected chi connectivity index (χ2v) is 6.99. The number of hydrogen-bond acceptors (Lipinski definition) is 3. The Bertz CT molecular complexity index is 641. The van der Waals surface area contributed by atoms with Crippen LogP contribution in [0.15, 0.2) is 29.6 Å². The molecule has 0 radical (unpaired) electrons. The lowest BCUT2D eigenvalue weighted by Crippen LogP contribution is -2.11. The van der Waals surface area contributed by atoms with Gasteiger partial charge in [0, 0.05) is 14.9 Å². The largest absolute Gasteiger partial charge is 0.324 e. The van der Waals surface area contributed by atoms with Crippen molar-refractivity contribution >= 4 is 57.9 Å². The van der Waals surface area contributed by atoms with Crippen LogP contribution < -0.4 is 5.32 Å². The van der Waals surface area contributed by atoms with Crippen LogP contribution >= 0.6 is 46.3 Å². The number of carbonyl (C=O) groups is 1. The number of carbonyl (C=O) groups excluding carboxylic acids is 1. The molecule has 1 aromatic heterocycles. The Morgan fingerprint density at radius 1 is 1.26 bits per heavy atom. The van der Waals surface area contributed by atoms with E-state index in [1.54, 1.807) is 29.2 Å². The minimum absolute atomic E-state index is 0.0252. The van der Waals surface area contributed by atoms with Crippen molar-refractivity contribution in [2.45, 2.75) is 5.25 Å². The second-order valence-electron chi connectivity index (χ2n) is 4.10. The maximum Gasteiger partial charge on any atom is 0.234 e. The zero-order valence-electron chi connectivity index (χ0n) is 9.65. The Hall–Kier alpha value is -0.680. The maximum atomic E-state index is 11.7. The summed E-state index contributed by atoms with van der Waals surface area (Å²) in [5.74, 6) is 0.447. The molecule has 0 bridgehead atoms. The standard InChI is InChI=1S/C13H9Cl2NOS2/c14-7-1-2-8(9(15)5-7)12-13-10(3-4-18-13)16-11(17)6-19-12/h1-5,12H,6H2,(H,16,17)/t12-/m0/s1. The second kappa shape index (κ2) is 5.37. The Labute approximate surface area is 129 Å². The van der Waals surface area contributed by atoms with Crippen molar-refractivity contribution in [3.8, 4) is 0 Å². The Kier molecular flexibility index (Phi) is 3.76. The lowest BCUT2D eigenvalue weighted by Gasteiger charge is -2.15. The predicted molar refractivity (Wildman–Crippen MR) is 83.7 cm³/mol. The molecule has 0 saturated heterocycles. The van der Waals surface area contributed by atoms with Crippen molar-refractivity contribution < 1.29 is 4.79 Å². The summed E-state index contributed by atoms with van der Waals surface area (Å²) in [6, 6.07) is 7.44. The minimum atomic E-state index is 0.0252. The summed E-state index contributed by atoms with van der Waals surface area (Å²) in [6.07, 6.45) is 0. The predicted octanol–water partition coefficient (Wildman–Crippen LogP) is 4.83. The van der Waals surface area contributed by atoms with Crippen LogP contribution in [-0.4, -0.2) is 11.7 Å². The topological polar surface area (TPSA) is 29.1 Å². The molecular formula is C13H9Cl2NOS2. The van der Waals surface area contributed by atoms with Gasteiger partial charge in [0.05, 0.1) is 16.7 Å². The third-order valence-electron chi connectivity index (χ3n) is 2.83. The Morgan fingerprint density at radius 3 is 2.89 bits per heavy atom. The number of amides is 1. The van der Waals surface area contributed by atoms with E-state index < -0.39 is 0 Å². The Balaban J connectivity index is 2.08. The van der Waals surface area contributed by atoms with Crippen LogP contribution in [0.1, 0.15) is 15.7 Å². The van der Waals surface area contributed by atoms with Crippen LogP contribution in [0, 0.1) is 0 Å². The summed E-state index contributed by atoms with van der Waals surface area (Å²) >= 11 is 15.4. The summed E-state index contributed by atoms with van der Waals surface area (Å²) in [6.45, 7) is 0. The fourth-order valence-corrected chi connectivity index (χ4v) is 4.85. The van der Waals surface area contributed by atoms with E-state index in [1.807, 2.05) is 23.6 Å². The summed E-state index contributed by atoms with van der Waals surface area (Å²) in [5, 5.41) is 6.22. The smallest absolute Gasteiger partial charge is 0.234 e. The molecule has 2 heterocycles. The first-order chi connectivity index (χ1) is 9.15. The number of fused-ring (bicyclic) bond motifs is 1. The molecule has 1 atom stereocenters. The minimum Gasteiger partial charge on any atom is -0.324 e. The zero-order valence-corrected chi connectivity index (χ0v) is 12.8. The van der Waals surface area contributed by atoms with Crippen LogP contribution in [-0.2, 0) is 4.79 Å². The van der Waals surface area contributed by atoms with E-state index in [2.05, 4.69) is 5.32 Å². The van der Waals surface area contributed by atoms with Crippen LogP contribution in [0.4, 0.5) is 5.69 Å². The summed E-state index contributed by atoms with van der Waals surface area (Å²) in [4.78, 5) is 12.8. The summed E-state index contributed by atoms with van der Waals surface area (Å²) in [7, 11) is 0. The molecule has 0 unspecified atom stereocenters. The molecule has 1 amide bonds. The number of nitrogens with one attached hydrogen (secondary N) is 1. The molecule has 1 N–H and O–H groups in total. The van der Waals surface area contributed by atoms with Gasteiger partial charge in [0.25, 0.3) is 0 Å². The molecule has 19 heavy (non-hydrogen) atoms. The Morgan fingerprint density at radius 2 is 2.11 bits per heavy atom. The van der Waals surface area contributed by atoms with Gasteiger partial charge in [-0.15, -0.1) is 23.1 Å².